The highest BCUT2D eigenvalue weighted by atomic mass is 16.5. The van der Waals surface area contributed by atoms with E-state index in [4.69, 9.17) is 4.74 Å². The highest BCUT2D eigenvalue weighted by molar-refractivity contribution is 5.98. The lowest BCUT2D eigenvalue weighted by atomic mass is 10.1. The molecule has 5 nitrogen and oxygen atoms in total. The SMILES string of the molecule is COc1ccccc1/C=C/C(=O)NNC(=O)c1ccccc1C. The predicted molar refractivity (Wildman–Crippen MR) is 88.8 cm³/mol. The highest BCUT2D eigenvalue weighted by Crippen LogP contribution is 2.18. The Balaban J connectivity index is 1.94. The molecule has 0 aliphatic carbocycles. The highest BCUT2D eigenvalue weighted by Gasteiger charge is 2.08. The van der Waals surface area contributed by atoms with E-state index in [2.05, 4.69) is 10.9 Å². The van der Waals surface area contributed by atoms with Gasteiger partial charge in [-0.05, 0) is 30.7 Å². The minimum absolute atomic E-state index is 0.359. The van der Waals surface area contributed by atoms with Gasteiger partial charge in [-0.15, -0.1) is 0 Å². The van der Waals surface area contributed by atoms with Gasteiger partial charge >= 0.3 is 0 Å². The summed E-state index contributed by atoms with van der Waals surface area (Å²) in [4.78, 5) is 23.8. The molecule has 0 aromatic heterocycles. The van der Waals surface area contributed by atoms with Crippen molar-refractivity contribution in [3.05, 3.63) is 71.3 Å². The number of nitrogens with one attached hydrogen (secondary N) is 2. The minimum atomic E-state index is -0.433. The van der Waals surface area contributed by atoms with E-state index in [0.717, 1.165) is 11.1 Å². The van der Waals surface area contributed by atoms with Crippen molar-refractivity contribution in [1.82, 2.24) is 10.9 Å². The van der Waals surface area contributed by atoms with Crippen LogP contribution in [0.1, 0.15) is 21.5 Å². The number of rotatable bonds is 4. The van der Waals surface area contributed by atoms with Gasteiger partial charge in [0.2, 0.25) is 0 Å². The Labute approximate surface area is 134 Å². The fraction of sp³-hybridized carbons (Fsp3) is 0.111. The van der Waals surface area contributed by atoms with Crippen molar-refractivity contribution >= 4 is 17.9 Å². The second-order valence-corrected chi connectivity index (χ2v) is 4.83. The first-order valence-electron chi connectivity index (χ1n) is 7.09. The molecule has 0 atom stereocenters. The lowest BCUT2D eigenvalue weighted by molar-refractivity contribution is -0.117. The number of carbonyl (C=O) groups is 2. The van der Waals surface area contributed by atoms with E-state index in [0.29, 0.717) is 11.3 Å². The van der Waals surface area contributed by atoms with E-state index in [1.165, 1.54) is 6.08 Å². The maximum atomic E-state index is 12.0. The Bertz CT molecular complexity index is 739. The van der Waals surface area contributed by atoms with Crippen LogP contribution >= 0.6 is 0 Å². The molecule has 0 spiro atoms. The summed E-state index contributed by atoms with van der Waals surface area (Å²) in [5, 5.41) is 0. The van der Waals surface area contributed by atoms with Crippen molar-refractivity contribution in [2.24, 2.45) is 0 Å². The Morgan fingerprint density at radius 3 is 2.43 bits per heavy atom. The van der Waals surface area contributed by atoms with Gasteiger partial charge in [-0.25, -0.2) is 0 Å². The van der Waals surface area contributed by atoms with Gasteiger partial charge in [0.05, 0.1) is 7.11 Å². The van der Waals surface area contributed by atoms with Crippen LogP contribution in [0.25, 0.3) is 6.08 Å². The van der Waals surface area contributed by atoms with Gasteiger partial charge < -0.3 is 4.74 Å². The summed E-state index contributed by atoms with van der Waals surface area (Å²) in [7, 11) is 1.56. The molecule has 0 radical (unpaired) electrons. The molecule has 0 saturated carbocycles. The molecule has 5 heteroatoms. The smallest absolute Gasteiger partial charge is 0.269 e. The molecule has 2 rings (SSSR count). The van der Waals surface area contributed by atoms with Gasteiger partial charge in [0, 0.05) is 17.2 Å². The van der Waals surface area contributed by atoms with E-state index in [-0.39, 0.29) is 5.91 Å². The fourth-order valence-corrected chi connectivity index (χ4v) is 2.02. The third kappa shape index (κ3) is 4.44. The number of hydrogen-bond donors (Lipinski definition) is 2. The number of amides is 2. The average Bonchev–Trinajstić information content (AvgIpc) is 2.58. The van der Waals surface area contributed by atoms with Gasteiger partial charge in [-0.1, -0.05) is 36.4 Å². The van der Waals surface area contributed by atoms with E-state index >= 15 is 0 Å². The second-order valence-electron chi connectivity index (χ2n) is 4.83. The molecule has 2 amide bonds. The summed E-state index contributed by atoms with van der Waals surface area (Å²) in [6.07, 6.45) is 2.95. The number of ether oxygens (including phenoxy) is 1. The van der Waals surface area contributed by atoms with Crippen LogP contribution in [0, 0.1) is 6.92 Å². The van der Waals surface area contributed by atoms with Crippen molar-refractivity contribution < 1.29 is 14.3 Å². The average molecular weight is 310 g/mol. The summed E-state index contributed by atoms with van der Waals surface area (Å²) < 4.78 is 5.19. The van der Waals surface area contributed by atoms with Crippen molar-refractivity contribution in [2.45, 2.75) is 6.92 Å². The Morgan fingerprint density at radius 2 is 1.70 bits per heavy atom. The van der Waals surface area contributed by atoms with E-state index in [9.17, 15) is 9.59 Å². The van der Waals surface area contributed by atoms with Crippen LogP contribution in [0.5, 0.6) is 5.75 Å². The molecule has 0 fully saturated rings. The maximum Gasteiger partial charge on any atom is 0.269 e. The molecule has 0 saturated heterocycles. The van der Waals surface area contributed by atoms with E-state index < -0.39 is 5.91 Å². The van der Waals surface area contributed by atoms with Crippen LogP contribution in [0.15, 0.2) is 54.6 Å². The molecule has 2 N–H and O–H groups in total. The zero-order chi connectivity index (χ0) is 16.7. The number of carbonyl (C=O) groups excluding carboxylic acids is 2. The largest absolute Gasteiger partial charge is 0.496 e. The van der Waals surface area contributed by atoms with E-state index in [1.54, 1.807) is 31.4 Å². The summed E-state index contributed by atoms with van der Waals surface area (Å²) in [5.41, 5.74) is 6.86. The lowest BCUT2D eigenvalue weighted by Gasteiger charge is -2.07. The van der Waals surface area contributed by atoms with Crippen LogP contribution in [0.3, 0.4) is 0 Å². The maximum absolute atomic E-state index is 12.0. The summed E-state index contributed by atoms with van der Waals surface area (Å²) in [5.74, 6) is -0.125. The number of hydrazine groups is 1. The van der Waals surface area contributed by atoms with Crippen molar-refractivity contribution in [3.8, 4) is 5.75 Å². The third-order valence-corrected chi connectivity index (χ3v) is 3.24. The zero-order valence-corrected chi connectivity index (χ0v) is 13.0. The lowest BCUT2D eigenvalue weighted by Crippen LogP contribution is -2.41. The molecule has 0 aliphatic heterocycles. The summed E-state index contributed by atoms with van der Waals surface area (Å²) >= 11 is 0. The minimum Gasteiger partial charge on any atom is -0.496 e. The second kappa shape index (κ2) is 7.79. The van der Waals surface area contributed by atoms with Crippen molar-refractivity contribution in [2.75, 3.05) is 7.11 Å². The number of benzene rings is 2. The molecule has 23 heavy (non-hydrogen) atoms. The Hall–Kier alpha value is -3.08. The molecular weight excluding hydrogens is 292 g/mol. The zero-order valence-electron chi connectivity index (χ0n) is 13.0. The van der Waals surface area contributed by atoms with Crippen molar-refractivity contribution in [3.63, 3.8) is 0 Å². The molecule has 2 aromatic carbocycles. The first-order chi connectivity index (χ1) is 11.1. The van der Waals surface area contributed by atoms with Crippen LogP contribution in [0.2, 0.25) is 0 Å². The summed E-state index contributed by atoms with van der Waals surface area (Å²) in [6.45, 7) is 1.83. The number of hydrogen-bond acceptors (Lipinski definition) is 3. The van der Waals surface area contributed by atoms with Crippen LogP contribution < -0.4 is 15.6 Å². The topological polar surface area (TPSA) is 67.4 Å². The molecule has 0 bridgehead atoms. The first kappa shape index (κ1) is 16.3. The van der Waals surface area contributed by atoms with Gasteiger partial charge in [0.1, 0.15) is 5.75 Å². The number of para-hydroxylation sites is 1. The van der Waals surface area contributed by atoms with Crippen LogP contribution in [-0.2, 0) is 4.79 Å². The molecule has 2 aromatic rings. The van der Waals surface area contributed by atoms with Crippen molar-refractivity contribution in [1.29, 1.82) is 0 Å². The number of methoxy groups -OCH3 is 1. The molecule has 118 valence electrons. The van der Waals surface area contributed by atoms with Gasteiger partial charge in [0.15, 0.2) is 0 Å². The quantitative estimate of drug-likeness (QED) is 0.673. The predicted octanol–water partition coefficient (Wildman–Crippen LogP) is 2.48. The van der Waals surface area contributed by atoms with Crippen LogP contribution in [-0.4, -0.2) is 18.9 Å². The number of aryl methyl sites for hydroxylation is 1. The molecule has 0 unspecified atom stereocenters. The molecule has 0 heterocycles. The molecular formula is C18H18N2O3. The third-order valence-electron chi connectivity index (χ3n) is 3.24. The Morgan fingerprint density at radius 1 is 1.00 bits per heavy atom. The van der Waals surface area contributed by atoms with Gasteiger partial charge in [-0.2, -0.15) is 0 Å². The van der Waals surface area contributed by atoms with E-state index in [1.807, 2.05) is 37.3 Å². The Kier molecular flexibility index (Phi) is 5.52. The normalized spacial score (nSPS) is 10.3. The standard InChI is InChI=1S/C18H18N2O3/c1-13-7-3-5-9-15(13)18(22)20-19-17(21)12-11-14-8-4-6-10-16(14)23-2/h3-12H,1-2H3,(H,19,21)(H,20,22)/b12-11+. The molecule has 0 aliphatic rings. The first-order valence-corrected chi connectivity index (χ1v) is 7.09. The van der Waals surface area contributed by atoms with Gasteiger partial charge in [0.25, 0.3) is 11.8 Å². The fourth-order valence-electron chi connectivity index (χ4n) is 2.02. The summed E-state index contributed by atoms with van der Waals surface area (Å²) in [6, 6.07) is 14.5. The monoisotopic (exact) mass is 310 g/mol. The van der Waals surface area contributed by atoms with Gasteiger partial charge in [-0.3, -0.25) is 20.4 Å². The van der Waals surface area contributed by atoms with Crippen LogP contribution in [0.4, 0.5) is 0 Å².